The molecule has 1 aromatic heterocycles. The second-order valence-corrected chi connectivity index (χ2v) is 9.89. The summed E-state index contributed by atoms with van der Waals surface area (Å²) in [6.07, 6.45) is 0.393. The van der Waals surface area contributed by atoms with Crippen LogP contribution in [0.15, 0.2) is 47.4 Å². The summed E-state index contributed by atoms with van der Waals surface area (Å²) in [4.78, 5) is 27.9. The number of hydrogen-bond acceptors (Lipinski definition) is 5. The number of ether oxygens (including phenoxy) is 1. The number of H-pyrrole nitrogens is 1. The molecule has 3 aromatic rings. The van der Waals surface area contributed by atoms with Crippen LogP contribution < -0.4 is 0 Å². The predicted molar refractivity (Wildman–Crippen MR) is 116 cm³/mol. The molecule has 0 amide bonds. The SMILES string of the molecule is Cc1[nH]c2ccccc2c1C(=O)COC(=O)C1CCN(S(=O)(=O)c2ccc(F)c(F)c2)CC1. The van der Waals surface area contributed by atoms with Crippen molar-refractivity contribution in [3.05, 3.63) is 65.4 Å². The highest BCUT2D eigenvalue weighted by atomic mass is 32.2. The monoisotopic (exact) mass is 476 g/mol. The number of carbonyl (C=O) groups excluding carboxylic acids is 2. The molecule has 1 N–H and O–H groups in total. The lowest BCUT2D eigenvalue weighted by atomic mass is 9.98. The minimum Gasteiger partial charge on any atom is -0.457 e. The number of aromatic nitrogens is 1. The van der Waals surface area contributed by atoms with Crippen molar-refractivity contribution in [2.24, 2.45) is 5.92 Å². The Bertz CT molecular complexity index is 1330. The Kier molecular flexibility index (Phi) is 6.31. The molecule has 0 aliphatic carbocycles. The van der Waals surface area contributed by atoms with E-state index < -0.39 is 40.2 Å². The smallest absolute Gasteiger partial charge is 0.309 e. The second kappa shape index (κ2) is 9.03. The molecule has 4 rings (SSSR count). The number of carbonyl (C=O) groups is 2. The first-order valence-corrected chi connectivity index (χ1v) is 11.8. The minimum absolute atomic E-state index is 0.0244. The van der Waals surface area contributed by atoms with E-state index in [2.05, 4.69) is 4.98 Å². The summed E-state index contributed by atoms with van der Waals surface area (Å²) in [6, 6.07) is 9.76. The quantitative estimate of drug-likeness (QED) is 0.433. The molecule has 0 unspecified atom stereocenters. The molecule has 0 saturated carbocycles. The van der Waals surface area contributed by atoms with Gasteiger partial charge in [0.2, 0.25) is 15.8 Å². The average molecular weight is 477 g/mol. The van der Waals surface area contributed by atoms with E-state index in [9.17, 15) is 26.8 Å². The van der Waals surface area contributed by atoms with Gasteiger partial charge in [-0.3, -0.25) is 9.59 Å². The van der Waals surface area contributed by atoms with Crippen LogP contribution in [0.4, 0.5) is 8.78 Å². The maximum atomic E-state index is 13.5. The molecule has 33 heavy (non-hydrogen) atoms. The lowest BCUT2D eigenvalue weighted by Gasteiger charge is -2.30. The third-order valence-electron chi connectivity index (χ3n) is 5.83. The highest BCUT2D eigenvalue weighted by molar-refractivity contribution is 7.89. The Balaban J connectivity index is 1.35. The van der Waals surface area contributed by atoms with E-state index in [0.717, 1.165) is 27.3 Å². The van der Waals surface area contributed by atoms with Crippen molar-refractivity contribution in [1.29, 1.82) is 0 Å². The zero-order valence-corrected chi connectivity index (χ0v) is 18.6. The molecule has 2 heterocycles. The molecule has 10 heteroatoms. The Morgan fingerprint density at radius 3 is 2.48 bits per heavy atom. The predicted octanol–water partition coefficient (Wildman–Crippen LogP) is 3.58. The van der Waals surface area contributed by atoms with Gasteiger partial charge in [-0.1, -0.05) is 18.2 Å². The number of piperidine rings is 1. The summed E-state index contributed by atoms with van der Waals surface area (Å²) < 4.78 is 58.3. The van der Waals surface area contributed by atoms with Crippen LogP contribution in [0.2, 0.25) is 0 Å². The largest absolute Gasteiger partial charge is 0.457 e. The highest BCUT2D eigenvalue weighted by Gasteiger charge is 2.33. The molecular weight excluding hydrogens is 454 g/mol. The van der Waals surface area contributed by atoms with Gasteiger partial charge in [0.25, 0.3) is 0 Å². The number of para-hydroxylation sites is 1. The number of nitrogens with zero attached hydrogens (tertiary/aromatic N) is 1. The minimum atomic E-state index is -4.01. The molecule has 1 aliphatic heterocycles. The lowest BCUT2D eigenvalue weighted by Crippen LogP contribution is -2.40. The molecule has 0 radical (unpaired) electrons. The van der Waals surface area contributed by atoms with Gasteiger partial charge in [-0.25, -0.2) is 17.2 Å². The van der Waals surface area contributed by atoms with Crippen LogP contribution in [-0.4, -0.2) is 49.2 Å². The molecule has 1 fully saturated rings. The van der Waals surface area contributed by atoms with Crippen LogP contribution in [0.3, 0.4) is 0 Å². The third kappa shape index (κ3) is 4.53. The number of aromatic amines is 1. The number of esters is 1. The van der Waals surface area contributed by atoms with Crippen LogP contribution in [0.1, 0.15) is 28.9 Å². The van der Waals surface area contributed by atoms with Crippen LogP contribution in [-0.2, 0) is 19.6 Å². The number of hydrogen-bond donors (Lipinski definition) is 1. The van der Waals surface area contributed by atoms with Gasteiger partial charge in [0.05, 0.1) is 10.8 Å². The number of halogens is 2. The molecule has 174 valence electrons. The van der Waals surface area contributed by atoms with Gasteiger partial charge in [-0.15, -0.1) is 0 Å². The first-order valence-electron chi connectivity index (χ1n) is 10.4. The van der Waals surface area contributed by atoms with Gasteiger partial charge in [0.1, 0.15) is 0 Å². The normalized spacial score (nSPS) is 15.6. The molecule has 1 aliphatic rings. The number of ketones is 1. The van der Waals surface area contributed by atoms with Gasteiger partial charge in [-0.2, -0.15) is 4.31 Å². The number of rotatable bonds is 6. The topological polar surface area (TPSA) is 96.5 Å². The highest BCUT2D eigenvalue weighted by Crippen LogP contribution is 2.26. The number of nitrogens with one attached hydrogen (secondary N) is 1. The summed E-state index contributed by atoms with van der Waals surface area (Å²) in [6.45, 7) is 1.42. The fourth-order valence-corrected chi connectivity index (χ4v) is 5.56. The van der Waals surface area contributed by atoms with Crippen LogP contribution in [0.5, 0.6) is 0 Å². The van der Waals surface area contributed by atoms with E-state index in [4.69, 9.17) is 4.74 Å². The van der Waals surface area contributed by atoms with E-state index in [1.54, 1.807) is 6.92 Å². The van der Waals surface area contributed by atoms with E-state index >= 15 is 0 Å². The average Bonchev–Trinajstić information content (AvgIpc) is 3.14. The summed E-state index contributed by atoms with van der Waals surface area (Å²) in [7, 11) is -4.01. The summed E-state index contributed by atoms with van der Waals surface area (Å²) in [5.74, 6) is -3.82. The maximum absolute atomic E-state index is 13.5. The van der Waals surface area contributed by atoms with Crippen LogP contribution in [0, 0.1) is 24.5 Å². The zero-order chi connectivity index (χ0) is 23.8. The Morgan fingerprint density at radius 2 is 1.79 bits per heavy atom. The molecule has 0 atom stereocenters. The van der Waals surface area contributed by atoms with E-state index in [1.807, 2.05) is 24.3 Å². The van der Waals surface area contributed by atoms with Gasteiger partial charge < -0.3 is 9.72 Å². The zero-order valence-electron chi connectivity index (χ0n) is 17.8. The van der Waals surface area contributed by atoms with Crippen molar-refractivity contribution in [1.82, 2.24) is 9.29 Å². The summed E-state index contributed by atoms with van der Waals surface area (Å²) in [5.41, 5.74) is 1.98. The standard InChI is InChI=1S/C23H22F2N2O5S/c1-14-22(17-4-2-3-5-20(17)26-14)21(28)13-32-23(29)15-8-10-27(11-9-15)33(30,31)16-6-7-18(24)19(25)12-16/h2-7,12,15,26H,8-11,13H2,1H3. The molecular formula is C23H22F2N2O5S. The van der Waals surface area contributed by atoms with Gasteiger partial charge >= 0.3 is 5.97 Å². The Morgan fingerprint density at radius 1 is 1.09 bits per heavy atom. The third-order valence-corrected chi connectivity index (χ3v) is 7.73. The summed E-state index contributed by atoms with van der Waals surface area (Å²) >= 11 is 0. The maximum Gasteiger partial charge on any atom is 0.309 e. The number of fused-ring (bicyclic) bond motifs is 1. The van der Waals surface area contributed by atoms with E-state index in [1.165, 1.54) is 0 Å². The molecule has 2 aromatic carbocycles. The number of Topliss-reactive ketones (excluding diaryl/α,β-unsaturated/α-hetero) is 1. The molecule has 1 saturated heterocycles. The van der Waals surface area contributed by atoms with E-state index in [0.29, 0.717) is 17.3 Å². The Labute approximate surface area is 189 Å². The van der Waals surface area contributed by atoms with Gasteiger partial charge in [0.15, 0.2) is 18.2 Å². The molecule has 7 nitrogen and oxygen atoms in total. The fourth-order valence-electron chi connectivity index (χ4n) is 4.08. The van der Waals surface area contributed by atoms with Crippen molar-refractivity contribution in [3.63, 3.8) is 0 Å². The first kappa shape index (κ1) is 23.1. The van der Waals surface area contributed by atoms with Crippen LogP contribution in [0.25, 0.3) is 10.9 Å². The molecule has 0 spiro atoms. The van der Waals surface area contributed by atoms with Crippen molar-refractivity contribution >= 4 is 32.7 Å². The first-order chi connectivity index (χ1) is 15.7. The number of aryl methyl sites for hydroxylation is 1. The van der Waals surface area contributed by atoms with Gasteiger partial charge in [0, 0.05) is 35.2 Å². The van der Waals surface area contributed by atoms with Crippen molar-refractivity contribution in [2.45, 2.75) is 24.7 Å². The number of benzene rings is 2. The number of sulfonamides is 1. The van der Waals surface area contributed by atoms with Crippen molar-refractivity contribution in [3.8, 4) is 0 Å². The second-order valence-electron chi connectivity index (χ2n) is 7.96. The van der Waals surface area contributed by atoms with Crippen molar-refractivity contribution < 1.29 is 31.5 Å². The van der Waals surface area contributed by atoms with Crippen molar-refractivity contribution in [2.75, 3.05) is 19.7 Å². The van der Waals surface area contributed by atoms with E-state index in [-0.39, 0.29) is 36.6 Å². The molecule has 0 bridgehead atoms. The lowest BCUT2D eigenvalue weighted by molar-refractivity contribution is -0.148. The summed E-state index contributed by atoms with van der Waals surface area (Å²) in [5, 5.41) is 0.756. The van der Waals surface area contributed by atoms with Gasteiger partial charge in [-0.05, 0) is 44.0 Å². The van der Waals surface area contributed by atoms with Crippen LogP contribution >= 0.6 is 0 Å². The Hall–Kier alpha value is -3.11. The fraction of sp³-hybridized carbons (Fsp3) is 0.304.